The van der Waals surface area contributed by atoms with Gasteiger partial charge >= 0.3 is 0 Å². The first-order chi connectivity index (χ1) is 15.0. The van der Waals surface area contributed by atoms with Crippen molar-refractivity contribution >= 4 is 32.5 Å². The first-order valence-electron chi connectivity index (χ1n) is 10.2. The fourth-order valence-corrected chi connectivity index (χ4v) is 5.44. The summed E-state index contributed by atoms with van der Waals surface area (Å²) in [7, 11) is 4.81. The number of rotatable bonds is 4. The minimum absolute atomic E-state index is 0.0567. The van der Waals surface area contributed by atoms with Gasteiger partial charge in [-0.05, 0) is 18.2 Å². The van der Waals surface area contributed by atoms with Crippen molar-refractivity contribution in [3.05, 3.63) is 35.9 Å². The van der Waals surface area contributed by atoms with E-state index in [1.165, 1.54) is 0 Å². The monoisotopic (exact) mass is 440 g/mol. The number of Topliss-reactive ketones (excluding diaryl/α,β-unsaturated/α-hetero) is 1. The van der Waals surface area contributed by atoms with Gasteiger partial charge in [-0.15, -0.1) is 0 Å². The summed E-state index contributed by atoms with van der Waals surface area (Å²) in [4.78, 5) is 20.1. The Labute approximate surface area is 184 Å². The average Bonchev–Trinajstić information content (AvgIpc) is 3.21. The molecule has 0 atom stereocenters. The zero-order valence-electron chi connectivity index (χ0n) is 17.8. The lowest BCUT2D eigenvalue weighted by Crippen LogP contribution is -2.51. The van der Waals surface area contributed by atoms with Crippen LogP contribution in [-0.4, -0.2) is 50.8 Å². The smallest absolute Gasteiger partial charge is 0.186 e. The van der Waals surface area contributed by atoms with Gasteiger partial charge in [0.1, 0.15) is 34.2 Å². The molecule has 0 aliphatic carbocycles. The molecule has 0 saturated carbocycles. The molecule has 162 valence electrons. The number of methoxy groups -OCH3 is 3. The van der Waals surface area contributed by atoms with Crippen molar-refractivity contribution in [3.8, 4) is 23.0 Å². The Morgan fingerprint density at radius 1 is 1.03 bits per heavy atom. The average molecular weight is 441 g/mol. The predicted octanol–water partition coefficient (Wildman–Crippen LogP) is 4.33. The number of aromatic nitrogens is 1. The lowest BCUT2D eigenvalue weighted by molar-refractivity contribution is 0.0225. The predicted molar refractivity (Wildman–Crippen MR) is 119 cm³/mol. The molecule has 7 nitrogen and oxygen atoms in total. The maximum Gasteiger partial charge on any atom is 0.186 e. The Hall–Kier alpha value is -3.00. The van der Waals surface area contributed by atoms with E-state index in [-0.39, 0.29) is 5.78 Å². The zero-order chi connectivity index (χ0) is 21.6. The molecule has 2 aromatic carbocycles. The van der Waals surface area contributed by atoms with E-state index in [4.69, 9.17) is 23.9 Å². The van der Waals surface area contributed by atoms with Crippen molar-refractivity contribution in [2.45, 2.75) is 24.9 Å². The summed E-state index contributed by atoms with van der Waals surface area (Å²) < 4.78 is 23.6. The van der Waals surface area contributed by atoms with Crippen LogP contribution in [0.5, 0.6) is 23.0 Å². The number of thiazole rings is 1. The van der Waals surface area contributed by atoms with Crippen LogP contribution in [0.15, 0.2) is 30.3 Å². The molecule has 5 rings (SSSR count). The van der Waals surface area contributed by atoms with Crippen molar-refractivity contribution in [2.24, 2.45) is 0 Å². The molecule has 8 heteroatoms. The molecule has 1 saturated heterocycles. The maximum absolute atomic E-state index is 13.0. The number of hydrogen-bond donors (Lipinski definition) is 0. The summed E-state index contributed by atoms with van der Waals surface area (Å²) >= 11 is 1.66. The quantitative estimate of drug-likeness (QED) is 0.598. The van der Waals surface area contributed by atoms with Crippen LogP contribution in [0.2, 0.25) is 0 Å². The van der Waals surface area contributed by atoms with Gasteiger partial charge in [-0.25, -0.2) is 4.98 Å². The fourth-order valence-electron chi connectivity index (χ4n) is 4.39. The summed E-state index contributed by atoms with van der Waals surface area (Å²) in [5, 5.41) is 0.990. The van der Waals surface area contributed by atoms with Gasteiger partial charge in [0, 0.05) is 38.1 Å². The molecule has 0 N–H and O–H groups in total. The van der Waals surface area contributed by atoms with Crippen molar-refractivity contribution < 1.29 is 23.7 Å². The van der Waals surface area contributed by atoms with E-state index in [0.717, 1.165) is 47.0 Å². The molecule has 1 fully saturated rings. The number of carbonyl (C=O) groups excluding carboxylic acids is 1. The minimum atomic E-state index is -0.502. The number of fused-ring (bicyclic) bond motifs is 2. The van der Waals surface area contributed by atoms with Gasteiger partial charge < -0.3 is 23.8 Å². The van der Waals surface area contributed by atoms with Gasteiger partial charge in [-0.3, -0.25) is 4.79 Å². The molecule has 1 spiro atoms. The van der Waals surface area contributed by atoms with E-state index in [9.17, 15) is 4.79 Å². The molecule has 0 unspecified atom stereocenters. The van der Waals surface area contributed by atoms with Gasteiger partial charge in [0.05, 0.1) is 38.0 Å². The molecule has 3 heterocycles. The molecule has 31 heavy (non-hydrogen) atoms. The summed E-state index contributed by atoms with van der Waals surface area (Å²) in [6.07, 6.45) is 1.85. The summed E-state index contributed by atoms with van der Waals surface area (Å²) in [5.41, 5.74) is 0.979. The van der Waals surface area contributed by atoms with E-state index >= 15 is 0 Å². The topological polar surface area (TPSA) is 70.1 Å². The number of ketones is 1. The number of benzene rings is 2. The summed E-state index contributed by atoms with van der Waals surface area (Å²) in [6.45, 7) is 1.56. The molecular formula is C23H24N2O5S. The van der Waals surface area contributed by atoms with Crippen LogP contribution in [0.3, 0.4) is 0 Å². The molecule has 0 radical (unpaired) electrons. The van der Waals surface area contributed by atoms with Crippen molar-refractivity contribution in [1.82, 2.24) is 4.98 Å². The zero-order valence-corrected chi connectivity index (χ0v) is 18.6. The lowest BCUT2D eigenvalue weighted by atomic mass is 9.82. The third-order valence-electron chi connectivity index (χ3n) is 6.11. The molecular weight excluding hydrogens is 416 g/mol. The molecule has 3 aromatic rings. The number of piperidine rings is 1. The highest BCUT2D eigenvalue weighted by Gasteiger charge is 2.44. The number of anilines is 1. The molecule has 2 aliphatic rings. The number of ether oxygens (including phenoxy) is 4. The molecule has 0 bridgehead atoms. The SMILES string of the molecule is COc1cc(OC)c2c(c1)OC1(CCN(c3nc4ccc(OC)cc4s3)CC1)CC2=O. The largest absolute Gasteiger partial charge is 0.497 e. The van der Waals surface area contributed by atoms with Gasteiger partial charge in [0.2, 0.25) is 0 Å². The van der Waals surface area contributed by atoms with Crippen LogP contribution in [0.1, 0.15) is 29.6 Å². The van der Waals surface area contributed by atoms with Crippen LogP contribution in [0.4, 0.5) is 5.13 Å². The Balaban J connectivity index is 1.37. The minimum Gasteiger partial charge on any atom is -0.497 e. The maximum atomic E-state index is 13.0. The van der Waals surface area contributed by atoms with E-state index in [1.54, 1.807) is 44.8 Å². The third kappa shape index (κ3) is 3.44. The van der Waals surface area contributed by atoms with Crippen molar-refractivity contribution in [2.75, 3.05) is 39.3 Å². The van der Waals surface area contributed by atoms with Crippen LogP contribution in [-0.2, 0) is 0 Å². The van der Waals surface area contributed by atoms with E-state index < -0.39 is 5.60 Å². The van der Waals surface area contributed by atoms with Gasteiger partial charge in [0.15, 0.2) is 10.9 Å². The van der Waals surface area contributed by atoms with E-state index in [1.807, 2.05) is 18.2 Å². The normalized spacial score (nSPS) is 17.4. The van der Waals surface area contributed by atoms with Crippen LogP contribution >= 0.6 is 11.3 Å². The summed E-state index contributed by atoms with van der Waals surface area (Å²) in [6, 6.07) is 9.44. The Morgan fingerprint density at radius 2 is 1.81 bits per heavy atom. The third-order valence-corrected chi connectivity index (χ3v) is 7.19. The Morgan fingerprint density at radius 3 is 2.52 bits per heavy atom. The second-order valence-electron chi connectivity index (χ2n) is 7.90. The molecule has 0 amide bonds. The fraction of sp³-hybridized carbons (Fsp3) is 0.391. The van der Waals surface area contributed by atoms with Crippen LogP contribution in [0, 0.1) is 0 Å². The van der Waals surface area contributed by atoms with Gasteiger partial charge in [0.25, 0.3) is 0 Å². The second kappa shape index (κ2) is 7.60. The second-order valence-corrected chi connectivity index (χ2v) is 8.91. The van der Waals surface area contributed by atoms with E-state index in [2.05, 4.69) is 4.90 Å². The van der Waals surface area contributed by atoms with Gasteiger partial charge in [-0.2, -0.15) is 0 Å². The first-order valence-corrected chi connectivity index (χ1v) is 11.0. The standard InChI is InChI=1S/C23H24N2O5S/c1-27-14-4-5-16-20(12-14)31-22(24-16)25-8-6-23(7-9-25)13-17(26)21-18(29-3)10-15(28-2)11-19(21)30-23/h4-5,10-12H,6-9,13H2,1-3H3. The highest BCUT2D eigenvalue weighted by Crippen LogP contribution is 2.45. The van der Waals surface area contributed by atoms with Crippen LogP contribution in [0.25, 0.3) is 10.2 Å². The Kier molecular flexibility index (Phi) is 4.89. The van der Waals surface area contributed by atoms with Gasteiger partial charge in [-0.1, -0.05) is 11.3 Å². The highest BCUT2D eigenvalue weighted by atomic mass is 32.1. The highest BCUT2D eigenvalue weighted by molar-refractivity contribution is 7.22. The molecule has 1 aromatic heterocycles. The van der Waals surface area contributed by atoms with Crippen molar-refractivity contribution in [1.29, 1.82) is 0 Å². The first kappa shape index (κ1) is 19.9. The Bertz CT molecular complexity index is 1150. The lowest BCUT2D eigenvalue weighted by Gasteiger charge is -2.44. The van der Waals surface area contributed by atoms with Crippen molar-refractivity contribution in [3.63, 3.8) is 0 Å². The summed E-state index contributed by atoms with van der Waals surface area (Å²) in [5.74, 6) is 2.55. The number of hydrogen-bond acceptors (Lipinski definition) is 8. The number of carbonyl (C=O) groups is 1. The van der Waals surface area contributed by atoms with Crippen LogP contribution < -0.4 is 23.8 Å². The van der Waals surface area contributed by atoms with E-state index in [0.29, 0.717) is 29.2 Å². The molecule has 2 aliphatic heterocycles. The number of nitrogens with zero attached hydrogens (tertiary/aromatic N) is 2.